The summed E-state index contributed by atoms with van der Waals surface area (Å²) in [6, 6.07) is 4.22. The molecule has 0 unspecified atom stereocenters. The molecule has 0 radical (unpaired) electrons. The van der Waals surface area contributed by atoms with E-state index < -0.39 is 0 Å². The second-order valence-electron chi connectivity index (χ2n) is 4.64. The SMILES string of the molecule is CCCCCCC(=O)N1CCS[C@H]1c1cccs1. The summed E-state index contributed by atoms with van der Waals surface area (Å²) in [7, 11) is 0. The molecule has 4 heteroatoms. The molecule has 1 saturated heterocycles. The molecule has 2 rings (SSSR count). The van der Waals surface area contributed by atoms with Crippen molar-refractivity contribution in [2.75, 3.05) is 12.3 Å². The van der Waals surface area contributed by atoms with E-state index in [2.05, 4.69) is 29.3 Å². The molecule has 18 heavy (non-hydrogen) atoms. The molecule has 1 amide bonds. The molecule has 0 saturated carbocycles. The van der Waals surface area contributed by atoms with Gasteiger partial charge in [-0.05, 0) is 17.9 Å². The lowest BCUT2D eigenvalue weighted by Gasteiger charge is -2.22. The first kappa shape index (κ1) is 13.9. The van der Waals surface area contributed by atoms with Crippen LogP contribution < -0.4 is 0 Å². The first-order valence-electron chi connectivity index (χ1n) is 6.77. The highest BCUT2D eigenvalue weighted by atomic mass is 32.2. The summed E-state index contributed by atoms with van der Waals surface area (Å²) >= 11 is 3.65. The van der Waals surface area contributed by atoms with Crippen LogP contribution in [-0.2, 0) is 4.79 Å². The number of thiophene rings is 1. The normalized spacial score (nSPS) is 19.4. The molecule has 0 spiro atoms. The van der Waals surface area contributed by atoms with E-state index in [0.717, 1.165) is 25.1 Å². The fraction of sp³-hybridized carbons (Fsp3) is 0.643. The standard InChI is InChI=1S/C14H21NOS2/c1-2-3-4-5-8-13(16)15-9-11-18-14(15)12-7-6-10-17-12/h6-7,10,14H,2-5,8-9,11H2,1H3/t14-/m0/s1. The van der Waals surface area contributed by atoms with Gasteiger partial charge in [0.2, 0.25) is 5.91 Å². The fourth-order valence-corrected chi connectivity index (χ4v) is 4.50. The summed E-state index contributed by atoms with van der Waals surface area (Å²) in [4.78, 5) is 15.6. The predicted molar refractivity (Wildman–Crippen MR) is 80.0 cm³/mol. The average molecular weight is 283 g/mol. The van der Waals surface area contributed by atoms with E-state index in [1.54, 1.807) is 11.3 Å². The minimum absolute atomic E-state index is 0.281. The largest absolute Gasteiger partial charge is 0.325 e. The van der Waals surface area contributed by atoms with Gasteiger partial charge >= 0.3 is 0 Å². The van der Waals surface area contributed by atoms with E-state index in [9.17, 15) is 4.79 Å². The molecule has 0 aliphatic carbocycles. The number of carbonyl (C=O) groups excluding carboxylic acids is 1. The van der Waals surface area contributed by atoms with Crippen molar-refractivity contribution in [3.8, 4) is 0 Å². The number of rotatable bonds is 6. The van der Waals surface area contributed by atoms with E-state index in [-0.39, 0.29) is 5.37 Å². The van der Waals surface area contributed by atoms with Crippen LogP contribution >= 0.6 is 23.1 Å². The summed E-state index contributed by atoms with van der Waals surface area (Å²) in [5.74, 6) is 1.41. The monoisotopic (exact) mass is 283 g/mol. The molecule has 1 aliphatic rings. The van der Waals surface area contributed by atoms with Crippen molar-refractivity contribution in [2.24, 2.45) is 0 Å². The van der Waals surface area contributed by atoms with Crippen LogP contribution in [0.25, 0.3) is 0 Å². The molecule has 1 aromatic rings. The zero-order chi connectivity index (χ0) is 12.8. The molecular weight excluding hydrogens is 262 g/mol. The van der Waals surface area contributed by atoms with Crippen LogP contribution in [0.1, 0.15) is 49.3 Å². The molecule has 1 fully saturated rings. The van der Waals surface area contributed by atoms with E-state index in [1.807, 2.05) is 11.8 Å². The fourth-order valence-electron chi connectivity index (χ4n) is 2.24. The molecular formula is C14H21NOS2. The van der Waals surface area contributed by atoms with Crippen LogP contribution in [0.3, 0.4) is 0 Å². The van der Waals surface area contributed by atoms with Crippen LogP contribution in [0.4, 0.5) is 0 Å². The number of carbonyl (C=O) groups is 1. The van der Waals surface area contributed by atoms with Gasteiger partial charge in [-0.3, -0.25) is 4.79 Å². The summed E-state index contributed by atoms with van der Waals surface area (Å²) in [5.41, 5.74) is 0. The van der Waals surface area contributed by atoms with E-state index >= 15 is 0 Å². The Hall–Kier alpha value is -0.480. The lowest BCUT2D eigenvalue weighted by Crippen LogP contribution is -2.29. The van der Waals surface area contributed by atoms with Crippen molar-refractivity contribution in [3.63, 3.8) is 0 Å². The second kappa shape index (κ2) is 7.19. The van der Waals surface area contributed by atoms with Gasteiger partial charge in [0.1, 0.15) is 5.37 Å². The number of unbranched alkanes of at least 4 members (excludes halogenated alkanes) is 3. The Morgan fingerprint density at radius 3 is 3.06 bits per heavy atom. The van der Waals surface area contributed by atoms with Gasteiger partial charge in [0.15, 0.2) is 0 Å². The number of thioether (sulfide) groups is 1. The van der Waals surface area contributed by atoms with E-state index in [0.29, 0.717) is 5.91 Å². The Balaban J connectivity index is 1.85. The van der Waals surface area contributed by atoms with Gasteiger partial charge in [-0.2, -0.15) is 0 Å². The van der Waals surface area contributed by atoms with E-state index in [4.69, 9.17) is 0 Å². The minimum atomic E-state index is 0.281. The van der Waals surface area contributed by atoms with Gasteiger partial charge in [0, 0.05) is 23.6 Å². The van der Waals surface area contributed by atoms with Crippen LogP contribution in [0.15, 0.2) is 17.5 Å². The number of hydrogen-bond donors (Lipinski definition) is 0. The number of nitrogens with zero attached hydrogens (tertiary/aromatic N) is 1. The highest BCUT2D eigenvalue weighted by Gasteiger charge is 2.30. The van der Waals surface area contributed by atoms with Crippen molar-refractivity contribution < 1.29 is 4.79 Å². The quantitative estimate of drug-likeness (QED) is 0.726. The van der Waals surface area contributed by atoms with Crippen LogP contribution in [-0.4, -0.2) is 23.1 Å². The molecule has 1 atom stereocenters. The summed E-state index contributed by atoms with van der Waals surface area (Å²) in [5, 5.41) is 2.38. The zero-order valence-electron chi connectivity index (χ0n) is 10.9. The molecule has 0 aromatic carbocycles. The van der Waals surface area contributed by atoms with Crippen molar-refractivity contribution in [2.45, 2.75) is 44.4 Å². The third-order valence-electron chi connectivity index (χ3n) is 3.24. The zero-order valence-corrected chi connectivity index (χ0v) is 12.6. The Morgan fingerprint density at radius 1 is 1.44 bits per heavy atom. The summed E-state index contributed by atoms with van der Waals surface area (Å²) in [6.45, 7) is 3.12. The van der Waals surface area contributed by atoms with Crippen molar-refractivity contribution in [1.82, 2.24) is 4.90 Å². The Labute approximate surface area is 118 Å². The first-order chi connectivity index (χ1) is 8.83. The number of hydrogen-bond acceptors (Lipinski definition) is 3. The van der Waals surface area contributed by atoms with Crippen molar-refractivity contribution >= 4 is 29.0 Å². The lowest BCUT2D eigenvalue weighted by atomic mass is 10.1. The highest BCUT2D eigenvalue weighted by Crippen LogP contribution is 2.40. The Bertz CT molecular complexity index is 364. The smallest absolute Gasteiger partial charge is 0.223 e. The maximum Gasteiger partial charge on any atom is 0.223 e. The number of amides is 1. The van der Waals surface area contributed by atoms with Gasteiger partial charge in [0.05, 0.1) is 0 Å². The maximum absolute atomic E-state index is 12.2. The summed E-state index contributed by atoms with van der Waals surface area (Å²) < 4.78 is 0. The molecule has 2 nitrogen and oxygen atoms in total. The van der Waals surface area contributed by atoms with Gasteiger partial charge in [-0.25, -0.2) is 0 Å². The Kier molecular flexibility index (Phi) is 5.57. The maximum atomic E-state index is 12.2. The minimum Gasteiger partial charge on any atom is -0.325 e. The van der Waals surface area contributed by atoms with Gasteiger partial charge in [-0.1, -0.05) is 32.3 Å². The highest BCUT2D eigenvalue weighted by molar-refractivity contribution is 7.99. The molecule has 1 aromatic heterocycles. The first-order valence-corrected chi connectivity index (χ1v) is 8.70. The second-order valence-corrected chi connectivity index (χ2v) is 6.80. The predicted octanol–water partition coefficient (Wildman–Crippen LogP) is 4.29. The Morgan fingerprint density at radius 2 is 2.33 bits per heavy atom. The average Bonchev–Trinajstić information content (AvgIpc) is 3.02. The third kappa shape index (κ3) is 3.51. The van der Waals surface area contributed by atoms with Crippen molar-refractivity contribution in [3.05, 3.63) is 22.4 Å². The summed E-state index contributed by atoms with van der Waals surface area (Å²) in [6.07, 6.45) is 5.43. The van der Waals surface area contributed by atoms with Crippen LogP contribution in [0.5, 0.6) is 0 Å². The van der Waals surface area contributed by atoms with Crippen LogP contribution in [0.2, 0.25) is 0 Å². The van der Waals surface area contributed by atoms with Crippen LogP contribution in [0, 0.1) is 0 Å². The topological polar surface area (TPSA) is 20.3 Å². The molecule has 1 aliphatic heterocycles. The molecule has 0 N–H and O–H groups in total. The molecule has 2 heterocycles. The lowest BCUT2D eigenvalue weighted by molar-refractivity contribution is -0.131. The van der Waals surface area contributed by atoms with Gasteiger partial charge in [0.25, 0.3) is 0 Å². The molecule has 100 valence electrons. The third-order valence-corrected chi connectivity index (χ3v) is 5.56. The van der Waals surface area contributed by atoms with Gasteiger partial charge < -0.3 is 4.90 Å². The van der Waals surface area contributed by atoms with Crippen molar-refractivity contribution in [1.29, 1.82) is 0 Å². The van der Waals surface area contributed by atoms with Gasteiger partial charge in [-0.15, -0.1) is 23.1 Å². The van der Waals surface area contributed by atoms with E-state index in [1.165, 1.54) is 24.1 Å². The molecule has 0 bridgehead atoms.